The number of phenolic OH excluding ortho intramolecular Hbond substituents is 1. The number of nitrogens with one attached hydrogen (secondary N) is 7. The third kappa shape index (κ3) is 17.9. The zero-order chi connectivity index (χ0) is 50.8. The number of nitrogens with two attached hydrogens (primary N) is 1. The first-order chi connectivity index (χ1) is 32.0. The molecule has 1 heterocycles. The van der Waals surface area contributed by atoms with Crippen LogP contribution in [0, 0.1) is 23.7 Å². The summed E-state index contributed by atoms with van der Waals surface area (Å²) in [6.45, 7) is 15.3. The molecule has 1 fully saturated rings. The van der Waals surface area contributed by atoms with E-state index in [9.17, 15) is 48.3 Å². The molecule has 1 saturated heterocycles. The van der Waals surface area contributed by atoms with Crippen molar-refractivity contribution in [3.63, 3.8) is 0 Å². The number of hydrogen-bond acceptors (Lipinski definition) is 10. The number of hydrogen-bond donors (Lipinski definition) is 9. The second-order valence-electron chi connectivity index (χ2n) is 19.1. The summed E-state index contributed by atoms with van der Waals surface area (Å²) in [5.41, 5.74) is 6.87. The third-order valence-electron chi connectivity index (χ3n) is 11.4. The number of primary amides is 1. The molecule has 2 aromatic carbocycles. The Morgan fingerprint density at radius 1 is 0.618 bits per heavy atom. The molecule has 0 unspecified atom stereocenters. The van der Waals surface area contributed by atoms with Gasteiger partial charge < -0.3 is 53.0 Å². The molecule has 0 bridgehead atoms. The number of benzene rings is 2. The van der Waals surface area contributed by atoms with Crippen molar-refractivity contribution < 1.29 is 48.3 Å². The first kappa shape index (κ1) is 55.8. The number of nitrogens with zero attached hydrogens (tertiary/aromatic N) is 1. The van der Waals surface area contributed by atoms with Crippen LogP contribution in [0.25, 0.3) is 0 Å². The molecule has 9 amide bonds. The molecule has 19 heteroatoms. The summed E-state index contributed by atoms with van der Waals surface area (Å²) >= 11 is 0. The van der Waals surface area contributed by atoms with E-state index in [0.717, 1.165) is 5.56 Å². The van der Waals surface area contributed by atoms with Gasteiger partial charge in [0.25, 0.3) is 0 Å². The predicted molar refractivity (Wildman–Crippen MR) is 255 cm³/mol. The van der Waals surface area contributed by atoms with Gasteiger partial charge in [-0.1, -0.05) is 97.9 Å². The lowest BCUT2D eigenvalue weighted by Gasteiger charge is -2.32. The number of carbonyl (C=O) groups is 9. The van der Waals surface area contributed by atoms with Crippen molar-refractivity contribution in [1.82, 2.24) is 42.1 Å². The van der Waals surface area contributed by atoms with Gasteiger partial charge in [0.05, 0.1) is 6.54 Å². The lowest BCUT2D eigenvalue weighted by molar-refractivity contribution is -0.143. The van der Waals surface area contributed by atoms with Gasteiger partial charge in [-0.15, -0.1) is 0 Å². The maximum Gasteiger partial charge on any atom is 0.246 e. The van der Waals surface area contributed by atoms with Gasteiger partial charge >= 0.3 is 0 Å². The number of likely N-dealkylation sites (tertiary alicyclic amines) is 1. The van der Waals surface area contributed by atoms with Crippen molar-refractivity contribution in [2.45, 2.75) is 143 Å². The number of carbonyl (C=O) groups excluding carboxylic acids is 9. The SMILES string of the molecule is CC(=O)N[C@@H](CC(C)C)C(=O)N[C@@H](Cc1ccccc1)C(=O)N[C@H](C(=O)N1CCC[C@@H]1C(=O)NCC(=O)N[C@@H](CC(C)C)C(=O)N[C@@H](Cc1ccc(O)cc1)C(=O)N[C@H](C(N)=O)C(C)C)C(C)C. The van der Waals surface area contributed by atoms with E-state index in [2.05, 4.69) is 37.2 Å². The van der Waals surface area contributed by atoms with Crippen molar-refractivity contribution in [3.05, 3.63) is 65.7 Å². The minimum atomic E-state index is -1.21. The van der Waals surface area contributed by atoms with Crippen LogP contribution in [0.2, 0.25) is 0 Å². The van der Waals surface area contributed by atoms with Crippen LogP contribution < -0.4 is 43.0 Å². The minimum absolute atomic E-state index is 0.000923. The van der Waals surface area contributed by atoms with E-state index < -0.39 is 108 Å². The molecule has 0 aromatic heterocycles. The average Bonchev–Trinajstić information content (AvgIpc) is 3.76. The molecule has 0 radical (unpaired) electrons. The highest BCUT2D eigenvalue weighted by molar-refractivity contribution is 5.97. The second kappa shape index (κ2) is 26.7. The maximum absolute atomic E-state index is 14.3. The molecule has 7 atom stereocenters. The summed E-state index contributed by atoms with van der Waals surface area (Å²) in [6, 6.07) is 7.55. The molecule has 0 aliphatic carbocycles. The number of amides is 9. The maximum atomic E-state index is 14.3. The Labute approximate surface area is 399 Å². The summed E-state index contributed by atoms with van der Waals surface area (Å²) in [5, 5.41) is 28.6. The summed E-state index contributed by atoms with van der Waals surface area (Å²) in [5.74, 6) is -6.42. The molecule has 0 spiro atoms. The molecular weight excluding hydrogens is 875 g/mol. The van der Waals surface area contributed by atoms with E-state index in [-0.39, 0.29) is 55.7 Å². The third-order valence-corrected chi connectivity index (χ3v) is 11.4. The molecular formula is C49H73N9O10. The fourth-order valence-electron chi connectivity index (χ4n) is 7.93. The van der Waals surface area contributed by atoms with Crippen LogP contribution >= 0.6 is 0 Å². The Kier molecular flexibility index (Phi) is 21.9. The minimum Gasteiger partial charge on any atom is -0.508 e. The van der Waals surface area contributed by atoms with Gasteiger partial charge in [-0.2, -0.15) is 0 Å². The second-order valence-corrected chi connectivity index (χ2v) is 19.1. The van der Waals surface area contributed by atoms with Crippen LogP contribution in [-0.4, -0.2) is 119 Å². The van der Waals surface area contributed by atoms with Crippen LogP contribution in [0.5, 0.6) is 5.75 Å². The fourth-order valence-corrected chi connectivity index (χ4v) is 7.93. The topological polar surface area (TPSA) is 287 Å². The monoisotopic (exact) mass is 948 g/mol. The quantitative estimate of drug-likeness (QED) is 0.0684. The molecule has 68 heavy (non-hydrogen) atoms. The molecule has 19 nitrogen and oxygen atoms in total. The van der Waals surface area contributed by atoms with Crippen molar-refractivity contribution >= 4 is 53.2 Å². The molecule has 2 aromatic rings. The van der Waals surface area contributed by atoms with Crippen LogP contribution in [-0.2, 0) is 56.0 Å². The highest BCUT2D eigenvalue weighted by Crippen LogP contribution is 2.21. The van der Waals surface area contributed by atoms with Crippen molar-refractivity contribution in [3.8, 4) is 5.75 Å². The van der Waals surface area contributed by atoms with E-state index in [4.69, 9.17) is 5.73 Å². The van der Waals surface area contributed by atoms with Gasteiger partial charge in [-0.05, 0) is 72.6 Å². The lowest BCUT2D eigenvalue weighted by Crippen LogP contribution is -2.60. The van der Waals surface area contributed by atoms with Crippen LogP contribution in [0.15, 0.2) is 54.6 Å². The fraction of sp³-hybridized carbons (Fsp3) is 0.571. The smallest absolute Gasteiger partial charge is 0.246 e. The Bertz CT molecular complexity index is 2060. The highest BCUT2D eigenvalue weighted by Gasteiger charge is 2.40. The van der Waals surface area contributed by atoms with Gasteiger partial charge in [0, 0.05) is 26.3 Å². The normalized spacial score (nSPS) is 16.2. The Morgan fingerprint density at radius 2 is 1.09 bits per heavy atom. The number of rotatable bonds is 25. The predicted octanol–water partition coefficient (Wildman–Crippen LogP) is 1.10. The Morgan fingerprint density at radius 3 is 1.56 bits per heavy atom. The number of phenols is 1. The summed E-state index contributed by atoms with van der Waals surface area (Å²) in [6.07, 6.45) is 1.30. The summed E-state index contributed by atoms with van der Waals surface area (Å²) in [4.78, 5) is 122. The molecule has 1 aliphatic heterocycles. The van der Waals surface area contributed by atoms with E-state index in [1.165, 1.54) is 24.0 Å². The van der Waals surface area contributed by atoms with Gasteiger partial charge in [0.15, 0.2) is 0 Å². The van der Waals surface area contributed by atoms with E-state index in [0.29, 0.717) is 18.4 Å². The molecule has 3 rings (SSSR count). The van der Waals surface area contributed by atoms with Crippen molar-refractivity contribution in [2.24, 2.45) is 29.4 Å². The van der Waals surface area contributed by atoms with Gasteiger partial charge in [0.1, 0.15) is 48.0 Å². The van der Waals surface area contributed by atoms with Crippen molar-refractivity contribution in [1.29, 1.82) is 0 Å². The van der Waals surface area contributed by atoms with Crippen LogP contribution in [0.1, 0.15) is 99.1 Å². The summed E-state index contributed by atoms with van der Waals surface area (Å²) in [7, 11) is 0. The average molecular weight is 948 g/mol. The van der Waals surface area contributed by atoms with Crippen LogP contribution in [0.4, 0.5) is 0 Å². The Hall–Kier alpha value is -6.53. The molecule has 1 aliphatic rings. The highest BCUT2D eigenvalue weighted by atomic mass is 16.3. The molecule has 10 N–H and O–H groups in total. The molecule has 374 valence electrons. The van der Waals surface area contributed by atoms with E-state index in [1.54, 1.807) is 64.1 Å². The Balaban J connectivity index is 1.74. The largest absolute Gasteiger partial charge is 0.508 e. The molecule has 0 saturated carbocycles. The first-order valence-electron chi connectivity index (χ1n) is 23.4. The van der Waals surface area contributed by atoms with Gasteiger partial charge in [0.2, 0.25) is 53.2 Å². The van der Waals surface area contributed by atoms with Crippen LogP contribution in [0.3, 0.4) is 0 Å². The summed E-state index contributed by atoms with van der Waals surface area (Å²) < 4.78 is 0. The van der Waals surface area contributed by atoms with Gasteiger partial charge in [-0.3, -0.25) is 43.2 Å². The standard InChI is InChI=1S/C49H73N9O10/c1-27(2)22-35(52-31(9)59)44(63)54-37(24-32-14-11-10-12-15-32)47(66)57-42(30(7)8)49(68)58-21-13-16-39(58)48(67)51-26-40(61)53-36(23-28(3)4)45(64)55-38(25-33-17-19-34(60)20-18-33)46(65)56-41(29(5)6)43(50)62/h10-12,14-15,17-20,27-30,35-39,41-42,60H,13,16,21-26H2,1-9H3,(H2,50,62)(H,51,67)(H,52,59)(H,53,61)(H,54,63)(H,55,64)(H,56,65)(H,57,66)/t35-,36-,37-,38-,39+,41-,42-/m0/s1. The number of aromatic hydroxyl groups is 1. The van der Waals surface area contributed by atoms with E-state index in [1.807, 2.05) is 33.8 Å². The lowest BCUT2D eigenvalue weighted by atomic mass is 9.99. The zero-order valence-corrected chi connectivity index (χ0v) is 40.8. The van der Waals surface area contributed by atoms with E-state index >= 15 is 0 Å². The first-order valence-corrected chi connectivity index (χ1v) is 23.4. The zero-order valence-electron chi connectivity index (χ0n) is 40.8. The van der Waals surface area contributed by atoms with Crippen molar-refractivity contribution in [2.75, 3.05) is 13.1 Å². The van der Waals surface area contributed by atoms with Gasteiger partial charge in [-0.25, -0.2) is 0 Å².